The Morgan fingerprint density at radius 3 is 2.95 bits per heavy atom. The fraction of sp³-hybridized carbons (Fsp3) is 0.364. The van der Waals surface area contributed by atoms with Crippen LogP contribution in [-0.4, -0.2) is 30.9 Å². The first-order valence-electron chi connectivity index (χ1n) is 5.92. The van der Waals surface area contributed by atoms with Crippen molar-refractivity contribution in [2.75, 3.05) is 0 Å². The number of nitrogens with one attached hydrogen (secondary N) is 1. The van der Waals surface area contributed by atoms with Crippen molar-refractivity contribution >= 4 is 5.91 Å². The molecule has 0 aromatic carbocycles. The maximum Gasteiger partial charge on any atom is 0.270 e. The first-order chi connectivity index (χ1) is 9.11. The number of amides is 1. The van der Waals surface area contributed by atoms with E-state index in [1.54, 1.807) is 0 Å². The SMILES string of the molecule is NC(=O)c1cn(Cc2cc(=O)[nH]c(C3CC3)n2)nn1. The zero-order chi connectivity index (χ0) is 13.4. The van der Waals surface area contributed by atoms with Gasteiger partial charge in [0.1, 0.15) is 5.82 Å². The van der Waals surface area contributed by atoms with Crippen molar-refractivity contribution in [3.05, 3.63) is 39.8 Å². The van der Waals surface area contributed by atoms with Crippen LogP contribution in [-0.2, 0) is 6.54 Å². The molecule has 2 aromatic heterocycles. The molecule has 0 spiro atoms. The Balaban J connectivity index is 1.85. The van der Waals surface area contributed by atoms with Crippen molar-refractivity contribution in [2.45, 2.75) is 25.3 Å². The summed E-state index contributed by atoms with van der Waals surface area (Å²) in [5.41, 5.74) is 5.59. The van der Waals surface area contributed by atoms with E-state index in [-0.39, 0.29) is 17.8 Å². The molecule has 1 amide bonds. The van der Waals surface area contributed by atoms with Crippen molar-refractivity contribution < 1.29 is 4.79 Å². The van der Waals surface area contributed by atoms with Crippen LogP contribution in [0.1, 0.15) is 40.8 Å². The highest BCUT2D eigenvalue weighted by Crippen LogP contribution is 2.37. The summed E-state index contributed by atoms with van der Waals surface area (Å²) in [6.45, 7) is 0.282. The van der Waals surface area contributed by atoms with E-state index in [2.05, 4.69) is 20.3 Å². The third-order valence-corrected chi connectivity index (χ3v) is 2.89. The van der Waals surface area contributed by atoms with Gasteiger partial charge in [-0.05, 0) is 12.8 Å². The fourth-order valence-corrected chi connectivity index (χ4v) is 1.81. The molecular weight excluding hydrogens is 248 g/mol. The molecule has 0 atom stereocenters. The third-order valence-electron chi connectivity index (χ3n) is 2.89. The lowest BCUT2D eigenvalue weighted by molar-refractivity contribution is 0.0995. The second-order valence-corrected chi connectivity index (χ2v) is 4.56. The third kappa shape index (κ3) is 2.51. The monoisotopic (exact) mass is 260 g/mol. The predicted molar refractivity (Wildman–Crippen MR) is 64.5 cm³/mol. The number of aromatic amines is 1. The molecule has 19 heavy (non-hydrogen) atoms. The van der Waals surface area contributed by atoms with Gasteiger partial charge in [0.05, 0.1) is 18.4 Å². The van der Waals surface area contributed by atoms with Crippen molar-refractivity contribution in [3.63, 3.8) is 0 Å². The van der Waals surface area contributed by atoms with Gasteiger partial charge in [0, 0.05) is 12.0 Å². The summed E-state index contributed by atoms with van der Waals surface area (Å²) in [7, 11) is 0. The lowest BCUT2D eigenvalue weighted by Crippen LogP contribution is -2.14. The van der Waals surface area contributed by atoms with Gasteiger partial charge in [-0.1, -0.05) is 5.21 Å². The number of carbonyl (C=O) groups is 1. The minimum atomic E-state index is -0.635. The molecule has 3 rings (SSSR count). The van der Waals surface area contributed by atoms with E-state index in [0.717, 1.165) is 18.7 Å². The van der Waals surface area contributed by atoms with Crippen LogP contribution < -0.4 is 11.3 Å². The summed E-state index contributed by atoms with van der Waals surface area (Å²) in [5, 5.41) is 7.40. The lowest BCUT2D eigenvalue weighted by atomic mass is 10.3. The van der Waals surface area contributed by atoms with Crippen LogP contribution in [0.3, 0.4) is 0 Å². The van der Waals surface area contributed by atoms with Crippen LogP contribution >= 0.6 is 0 Å². The molecule has 0 bridgehead atoms. The average Bonchev–Trinajstić information content (AvgIpc) is 3.09. The second-order valence-electron chi connectivity index (χ2n) is 4.56. The van der Waals surface area contributed by atoms with E-state index in [0.29, 0.717) is 11.6 Å². The van der Waals surface area contributed by atoms with E-state index >= 15 is 0 Å². The summed E-state index contributed by atoms with van der Waals surface area (Å²) in [6, 6.07) is 1.41. The molecule has 1 saturated carbocycles. The Morgan fingerprint density at radius 1 is 1.53 bits per heavy atom. The molecule has 2 heterocycles. The number of H-pyrrole nitrogens is 1. The highest BCUT2D eigenvalue weighted by atomic mass is 16.1. The summed E-state index contributed by atoms with van der Waals surface area (Å²) in [4.78, 5) is 29.6. The molecular formula is C11H12N6O2. The number of rotatable bonds is 4. The Labute approximate surface area is 107 Å². The first-order valence-corrected chi connectivity index (χ1v) is 5.92. The molecule has 0 radical (unpaired) electrons. The van der Waals surface area contributed by atoms with E-state index in [9.17, 15) is 9.59 Å². The van der Waals surface area contributed by atoms with E-state index in [1.807, 2.05) is 0 Å². The van der Waals surface area contributed by atoms with Gasteiger partial charge in [-0.2, -0.15) is 0 Å². The number of hydrogen-bond acceptors (Lipinski definition) is 5. The molecule has 1 aliphatic carbocycles. The van der Waals surface area contributed by atoms with Crippen LogP contribution in [0.4, 0.5) is 0 Å². The summed E-state index contributed by atoms with van der Waals surface area (Å²) < 4.78 is 1.43. The largest absolute Gasteiger partial charge is 0.364 e. The number of hydrogen-bond donors (Lipinski definition) is 2. The predicted octanol–water partition coefficient (Wildman–Crippen LogP) is -0.614. The van der Waals surface area contributed by atoms with Crippen LogP contribution in [0.5, 0.6) is 0 Å². The van der Waals surface area contributed by atoms with Gasteiger partial charge < -0.3 is 10.7 Å². The van der Waals surface area contributed by atoms with Crippen molar-refractivity contribution in [1.29, 1.82) is 0 Å². The number of aromatic nitrogens is 5. The second kappa shape index (κ2) is 4.30. The average molecular weight is 260 g/mol. The van der Waals surface area contributed by atoms with Crippen molar-refractivity contribution in [2.24, 2.45) is 5.73 Å². The fourth-order valence-electron chi connectivity index (χ4n) is 1.81. The molecule has 3 N–H and O–H groups in total. The number of primary amides is 1. The smallest absolute Gasteiger partial charge is 0.270 e. The molecule has 98 valence electrons. The summed E-state index contributed by atoms with van der Waals surface area (Å²) in [5.74, 6) is 0.450. The molecule has 1 aliphatic rings. The molecule has 8 heteroatoms. The highest BCUT2D eigenvalue weighted by Gasteiger charge is 2.26. The van der Waals surface area contributed by atoms with Crippen LogP contribution in [0.25, 0.3) is 0 Å². The first kappa shape index (κ1) is 11.6. The zero-order valence-electron chi connectivity index (χ0n) is 10.0. The Kier molecular flexibility index (Phi) is 2.62. The van der Waals surface area contributed by atoms with Gasteiger partial charge in [0.15, 0.2) is 5.69 Å². The van der Waals surface area contributed by atoms with E-state index < -0.39 is 5.91 Å². The topological polar surface area (TPSA) is 120 Å². The van der Waals surface area contributed by atoms with Crippen molar-refractivity contribution in [3.8, 4) is 0 Å². The molecule has 0 saturated heterocycles. The quantitative estimate of drug-likeness (QED) is 0.759. The molecule has 0 aliphatic heterocycles. The number of nitrogens with zero attached hydrogens (tertiary/aromatic N) is 4. The van der Waals surface area contributed by atoms with Gasteiger partial charge >= 0.3 is 0 Å². The van der Waals surface area contributed by atoms with Gasteiger partial charge in [0.2, 0.25) is 0 Å². The van der Waals surface area contributed by atoms with Crippen molar-refractivity contribution in [1.82, 2.24) is 25.0 Å². The van der Waals surface area contributed by atoms with E-state index in [1.165, 1.54) is 16.9 Å². The highest BCUT2D eigenvalue weighted by molar-refractivity contribution is 5.90. The summed E-state index contributed by atoms with van der Waals surface area (Å²) >= 11 is 0. The molecule has 8 nitrogen and oxygen atoms in total. The Bertz CT molecular complexity index is 684. The molecule has 2 aromatic rings. The van der Waals surface area contributed by atoms with Gasteiger partial charge in [-0.3, -0.25) is 9.59 Å². The van der Waals surface area contributed by atoms with Gasteiger partial charge in [-0.25, -0.2) is 9.67 Å². The Hall–Kier alpha value is -2.51. The minimum absolute atomic E-state index is 0.0901. The van der Waals surface area contributed by atoms with Crippen LogP contribution in [0.15, 0.2) is 17.1 Å². The minimum Gasteiger partial charge on any atom is -0.364 e. The lowest BCUT2D eigenvalue weighted by Gasteiger charge is -2.02. The maximum absolute atomic E-state index is 11.5. The standard InChI is InChI=1S/C11H12N6O2/c12-10(19)8-5-17(16-15-8)4-7-3-9(18)14-11(13-7)6-1-2-6/h3,5-6H,1-2,4H2,(H2,12,19)(H,13,14,18). The number of nitrogens with two attached hydrogens (primary N) is 1. The van der Waals surface area contributed by atoms with Crippen LogP contribution in [0.2, 0.25) is 0 Å². The number of carbonyl (C=O) groups excluding carboxylic acids is 1. The summed E-state index contributed by atoms with van der Waals surface area (Å²) in [6.07, 6.45) is 3.55. The van der Waals surface area contributed by atoms with E-state index in [4.69, 9.17) is 5.73 Å². The van der Waals surface area contributed by atoms with Gasteiger partial charge in [-0.15, -0.1) is 5.10 Å². The molecule has 1 fully saturated rings. The normalized spacial score (nSPS) is 14.5. The zero-order valence-corrected chi connectivity index (χ0v) is 10.0. The van der Waals surface area contributed by atoms with Gasteiger partial charge in [0.25, 0.3) is 11.5 Å². The molecule has 0 unspecified atom stereocenters. The van der Waals surface area contributed by atoms with Crippen LogP contribution in [0, 0.1) is 0 Å². The Morgan fingerprint density at radius 2 is 2.32 bits per heavy atom. The maximum atomic E-state index is 11.5.